The second kappa shape index (κ2) is 3.01. The van der Waals surface area contributed by atoms with Gasteiger partial charge in [-0.2, -0.15) is 0 Å². The van der Waals surface area contributed by atoms with E-state index < -0.39 is 0 Å². The zero-order chi connectivity index (χ0) is 7.56. The summed E-state index contributed by atoms with van der Waals surface area (Å²) in [4.78, 5) is 12.2. The maximum Gasteiger partial charge on any atom is 0.223 e. The molecular weight excluding hydrogens is 130 g/mol. The summed E-state index contributed by atoms with van der Waals surface area (Å²) in [5.74, 6) is -0.182. The lowest BCUT2D eigenvalue weighted by Crippen LogP contribution is -2.40. The highest BCUT2D eigenvalue weighted by Crippen LogP contribution is 2.08. The quantitative estimate of drug-likeness (QED) is 0.509. The molecule has 1 fully saturated rings. The monoisotopic (exact) mass is 142 g/mol. The SMILES string of the molecule is [CH2]C(=O)N1CCCC(O)C1. The van der Waals surface area contributed by atoms with E-state index in [0.29, 0.717) is 6.54 Å². The number of hydrogen-bond donors (Lipinski definition) is 1. The third-order valence-electron chi connectivity index (χ3n) is 1.75. The van der Waals surface area contributed by atoms with E-state index in [0.717, 1.165) is 19.4 Å². The van der Waals surface area contributed by atoms with Gasteiger partial charge in [-0.1, -0.05) is 0 Å². The summed E-state index contributed by atoms with van der Waals surface area (Å²) in [5.41, 5.74) is 0. The van der Waals surface area contributed by atoms with E-state index >= 15 is 0 Å². The normalized spacial score (nSPS) is 26.6. The van der Waals surface area contributed by atoms with Crippen molar-refractivity contribution < 1.29 is 9.90 Å². The molecule has 1 rings (SSSR count). The van der Waals surface area contributed by atoms with Gasteiger partial charge in [-0.15, -0.1) is 0 Å². The number of amides is 1. The standard InChI is InChI=1S/C7H12NO2/c1-6(9)8-4-2-3-7(10)5-8/h7,10H,1-5H2. The first-order valence-electron chi connectivity index (χ1n) is 3.49. The van der Waals surface area contributed by atoms with Gasteiger partial charge in [0.2, 0.25) is 5.91 Å². The Labute approximate surface area is 60.6 Å². The van der Waals surface area contributed by atoms with E-state index in [-0.39, 0.29) is 12.0 Å². The molecule has 0 aromatic heterocycles. The largest absolute Gasteiger partial charge is 0.391 e. The van der Waals surface area contributed by atoms with Crippen LogP contribution in [0.15, 0.2) is 0 Å². The molecule has 57 valence electrons. The van der Waals surface area contributed by atoms with Gasteiger partial charge in [0.15, 0.2) is 0 Å². The second-order valence-corrected chi connectivity index (χ2v) is 2.64. The van der Waals surface area contributed by atoms with Gasteiger partial charge in [0, 0.05) is 20.0 Å². The second-order valence-electron chi connectivity index (χ2n) is 2.64. The average molecular weight is 142 g/mol. The Morgan fingerprint density at radius 2 is 2.40 bits per heavy atom. The molecule has 1 heterocycles. The van der Waals surface area contributed by atoms with Crippen LogP contribution in [-0.4, -0.2) is 35.1 Å². The third-order valence-corrected chi connectivity index (χ3v) is 1.75. The van der Waals surface area contributed by atoms with Gasteiger partial charge in [-0.3, -0.25) is 4.79 Å². The minimum Gasteiger partial charge on any atom is -0.391 e. The van der Waals surface area contributed by atoms with E-state index in [9.17, 15) is 4.79 Å². The van der Waals surface area contributed by atoms with Crippen molar-refractivity contribution in [1.82, 2.24) is 4.90 Å². The van der Waals surface area contributed by atoms with Crippen LogP contribution in [0.1, 0.15) is 12.8 Å². The predicted molar refractivity (Wildman–Crippen MR) is 37.2 cm³/mol. The summed E-state index contributed by atoms with van der Waals surface area (Å²) in [6.45, 7) is 4.48. The zero-order valence-electron chi connectivity index (χ0n) is 5.92. The molecule has 10 heavy (non-hydrogen) atoms. The predicted octanol–water partition coefficient (Wildman–Crippen LogP) is -0.196. The van der Waals surface area contributed by atoms with E-state index in [1.165, 1.54) is 0 Å². The molecule has 0 spiro atoms. The molecule has 0 saturated carbocycles. The highest BCUT2D eigenvalue weighted by atomic mass is 16.3. The molecule has 1 atom stereocenters. The molecule has 1 aliphatic rings. The Balaban J connectivity index is 2.39. The van der Waals surface area contributed by atoms with Crippen LogP contribution in [0.4, 0.5) is 0 Å². The zero-order valence-corrected chi connectivity index (χ0v) is 5.92. The van der Waals surface area contributed by atoms with Crippen molar-refractivity contribution in [3.8, 4) is 0 Å². The Bertz CT molecular complexity index is 136. The van der Waals surface area contributed by atoms with Gasteiger partial charge in [-0.25, -0.2) is 0 Å². The lowest BCUT2D eigenvalue weighted by molar-refractivity contribution is -0.129. The van der Waals surface area contributed by atoms with Crippen molar-refractivity contribution in [2.75, 3.05) is 13.1 Å². The fourth-order valence-corrected chi connectivity index (χ4v) is 1.18. The molecule has 3 nitrogen and oxygen atoms in total. The van der Waals surface area contributed by atoms with Crippen LogP contribution in [0.5, 0.6) is 0 Å². The molecule has 1 aliphatic heterocycles. The number of hydrogen-bond acceptors (Lipinski definition) is 2. The number of β-amino-alcohol motifs (C(OH)–C–C–N with tert-alkyl or cyclic N) is 1. The van der Waals surface area contributed by atoms with Crippen molar-refractivity contribution in [3.63, 3.8) is 0 Å². The summed E-state index contributed by atoms with van der Waals surface area (Å²) in [6, 6.07) is 0. The molecule has 1 unspecified atom stereocenters. The van der Waals surface area contributed by atoms with E-state index in [4.69, 9.17) is 5.11 Å². The van der Waals surface area contributed by atoms with Crippen molar-refractivity contribution in [2.24, 2.45) is 0 Å². The van der Waals surface area contributed by atoms with Crippen molar-refractivity contribution in [1.29, 1.82) is 0 Å². The van der Waals surface area contributed by atoms with Crippen LogP contribution in [-0.2, 0) is 4.79 Å². The molecule has 0 aliphatic carbocycles. The summed E-state index contributed by atoms with van der Waals surface area (Å²) in [6.07, 6.45) is 1.37. The fraction of sp³-hybridized carbons (Fsp3) is 0.714. The van der Waals surface area contributed by atoms with Crippen molar-refractivity contribution in [2.45, 2.75) is 18.9 Å². The van der Waals surface area contributed by atoms with Gasteiger partial charge in [-0.05, 0) is 12.8 Å². The molecule has 1 N–H and O–H groups in total. The summed E-state index contributed by atoms with van der Waals surface area (Å²) >= 11 is 0. The van der Waals surface area contributed by atoms with Crippen molar-refractivity contribution in [3.05, 3.63) is 6.92 Å². The third kappa shape index (κ3) is 1.70. The molecule has 0 bridgehead atoms. The highest BCUT2D eigenvalue weighted by Gasteiger charge is 2.18. The van der Waals surface area contributed by atoms with Crippen LogP contribution in [0.2, 0.25) is 0 Å². The summed E-state index contributed by atoms with van der Waals surface area (Å²) in [7, 11) is 0. The molecule has 1 radical (unpaired) electrons. The number of aliphatic hydroxyl groups excluding tert-OH is 1. The van der Waals surface area contributed by atoms with Crippen LogP contribution < -0.4 is 0 Å². The summed E-state index contributed by atoms with van der Waals surface area (Å²) < 4.78 is 0. The number of piperidine rings is 1. The minimum absolute atomic E-state index is 0.182. The van der Waals surface area contributed by atoms with Crippen LogP contribution in [0.25, 0.3) is 0 Å². The Kier molecular flexibility index (Phi) is 2.27. The van der Waals surface area contributed by atoms with Crippen molar-refractivity contribution >= 4 is 5.91 Å². The highest BCUT2D eigenvalue weighted by molar-refractivity contribution is 5.80. The summed E-state index contributed by atoms with van der Waals surface area (Å²) in [5, 5.41) is 9.11. The lowest BCUT2D eigenvalue weighted by atomic mass is 10.1. The first-order valence-corrected chi connectivity index (χ1v) is 3.49. The van der Waals surface area contributed by atoms with E-state index in [1.807, 2.05) is 0 Å². The number of likely N-dealkylation sites (tertiary alicyclic amines) is 1. The van der Waals surface area contributed by atoms with Crippen LogP contribution in [0, 0.1) is 6.92 Å². The van der Waals surface area contributed by atoms with E-state index in [2.05, 4.69) is 6.92 Å². The molecule has 3 heteroatoms. The first kappa shape index (κ1) is 7.54. The number of aliphatic hydroxyl groups is 1. The topological polar surface area (TPSA) is 40.5 Å². The molecule has 0 aromatic rings. The Morgan fingerprint density at radius 1 is 1.70 bits per heavy atom. The molecular formula is C7H12NO2. The number of carbonyl (C=O) groups is 1. The van der Waals surface area contributed by atoms with Gasteiger partial charge in [0.1, 0.15) is 0 Å². The molecule has 0 aromatic carbocycles. The van der Waals surface area contributed by atoms with Gasteiger partial charge >= 0.3 is 0 Å². The fourth-order valence-electron chi connectivity index (χ4n) is 1.18. The smallest absolute Gasteiger partial charge is 0.223 e. The van der Waals surface area contributed by atoms with Crippen LogP contribution >= 0.6 is 0 Å². The van der Waals surface area contributed by atoms with Gasteiger partial charge in [0.25, 0.3) is 0 Å². The molecule has 1 saturated heterocycles. The Hall–Kier alpha value is -0.570. The maximum atomic E-state index is 10.6. The van der Waals surface area contributed by atoms with Gasteiger partial charge < -0.3 is 10.0 Å². The maximum absolute atomic E-state index is 10.6. The number of carbonyl (C=O) groups excluding carboxylic acids is 1. The van der Waals surface area contributed by atoms with Gasteiger partial charge in [0.05, 0.1) is 6.10 Å². The minimum atomic E-state index is -0.334. The number of nitrogens with zero attached hydrogens (tertiary/aromatic N) is 1. The molecule has 1 amide bonds. The number of rotatable bonds is 0. The van der Waals surface area contributed by atoms with Crippen LogP contribution in [0.3, 0.4) is 0 Å². The van der Waals surface area contributed by atoms with E-state index in [1.54, 1.807) is 4.90 Å². The average Bonchev–Trinajstić information content (AvgIpc) is 1.88. The lowest BCUT2D eigenvalue weighted by Gasteiger charge is -2.28. The Morgan fingerprint density at radius 3 is 2.80 bits per heavy atom. The first-order chi connectivity index (χ1) is 4.70.